The Labute approximate surface area is 201 Å². The minimum absolute atomic E-state index is 0.211. The maximum absolute atomic E-state index is 12.6. The number of rotatable bonds is 6. The van der Waals surface area contributed by atoms with Crippen LogP contribution in [-0.2, 0) is 4.79 Å². The van der Waals surface area contributed by atoms with E-state index >= 15 is 0 Å². The molecule has 5 rings (SSSR count). The molecular weight excluding hydrogens is 442 g/mol. The lowest BCUT2D eigenvalue weighted by Crippen LogP contribution is -2.29. The molecule has 4 aromatic carbocycles. The molecule has 170 valence electrons. The number of benzene rings is 4. The number of hydrogen-bond donors (Lipinski definition) is 0. The molecule has 35 heavy (non-hydrogen) atoms. The van der Waals surface area contributed by atoms with Crippen LogP contribution in [-0.4, -0.2) is 23.6 Å². The second-order valence-electron chi connectivity index (χ2n) is 8.00. The standard InChI is InChI=1S/C29H19NO5/c31-26(21-12-10-20(11-13-21)19-6-2-1-3-7-19)18-27(32)35-23-16-14-22(15-17-23)30-28(33)24-8-4-5-9-25(24)29(30)34/h1-17H,18H2. The zero-order valence-corrected chi connectivity index (χ0v) is 18.5. The van der Waals surface area contributed by atoms with E-state index in [4.69, 9.17) is 4.74 Å². The van der Waals surface area contributed by atoms with Crippen molar-refractivity contribution < 1.29 is 23.9 Å². The Bertz CT molecular complexity index is 1410. The molecule has 0 atom stereocenters. The SMILES string of the molecule is O=C(CC(=O)c1ccc(-c2ccccc2)cc1)Oc1ccc(N2C(=O)c3ccccc3C2=O)cc1. The molecule has 1 heterocycles. The highest BCUT2D eigenvalue weighted by molar-refractivity contribution is 6.34. The molecule has 0 aliphatic carbocycles. The Morgan fingerprint density at radius 1 is 0.629 bits per heavy atom. The summed E-state index contributed by atoms with van der Waals surface area (Å²) in [7, 11) is 0. The number of fused-ring (bicyclic) bond motifs is 1. The van der Waals surface area contributed by atoms with Crippen LogP contribution in [0.2, 0.25) is 0 Å². The number of Topliss-reactive ketones (excluding diaryl/α,β-unsaturated/α-hetero) is 1. The summed E-state index contributed by atoms with van der Waals surface area (Å²) in [6, 6.07) is 29.5. The highest BCUT2D eigenvalue weighted by Crippen LogP contribution is 2.29. The summed E-state index contributed by atoms with van der Waals surface area (Å²) in [5.41, 5.74) is 3.50. The fraction of sp³-hybridized carbons (Fsp3) is 0.0345. The Morgan fingerprint density at radius 3 is 1.77 bits per heavy atom. The van der Waals surface area contributed by atoms with E-state index in [0.29, 0.717) is 22.4 Å². The molecule has 0 saturated heterocycles. The zero-order valence-electron chi connectivity index (χ0n) is 18.5. The van der Waals surface area contributed by atoms with Gasteiger partial charge in [0.1, 0.15) is 12.2 Å². The molecule has 4 aromatic rings. The first-order valence-corrected chi connectivity index (χ1v) is 11.0. The van der Waals surface area contributed by atoms with Gasteiger partial charge in [-0.15, -0.1) is 0 Å². The molecule has 0 saturated carbocycles. The van der Waals surface area contributed by atoms with Crippen molar-refractivity contribution in [1.29, 1.82) is 0 Å². The van der Waals surface area contributed by atoms with Crippen molar-refractivity contribution >= 4 is 29.3 Å². The van der Waals surface area contributed by atoms with Crippen molar-refractivity contribution in [3.05, 3.63) is 120 Å². The molecule has 1 aliphatic rings. The number of nitrogens with zero attached hydrogens (tertiary/aromatic N) is 1. The Balaban J connectivity index is 1.21. The minimum Gasteiger partial charge on any atom is -0.426 e. The second kappa shape index (κ2) is 9.19. The molecule has 0 N–H and O–H groups in total. The van der Waals surface area contributed by atoms with E-state index < -0.39 is 24.2 Å². The zero-order chi connectivity index (χ0) is 24.4. The van der Waals surface area contributed by atoms with Gasteiger partial charge in [0.2, 0.25) is 0 Å². The highest BCUT2D eigenvalue weighted by atomic mass is 16.5. The van der Waals surface area contributed by atoms with Gasteiger partial charge in [-0.05, 0) is 47.5 Å². The van der Waals surface area contributed by atoms with E-state index in [9.17, 15) is 19.2 Å². The van der Waals surface area contributed by atoms with Gasteiger partial charge in [0.05, 0.1) is 16.8 Å². The van der Waals surface area contributed by atoms with E-state index in [-0.39, 0.29) is 11.5 Å². The van der Waals surface area contributed by atoms with Crippen molar-refractivity contribution in [2.24, 2.45) is 0 Å². The monoisotopic (exact) mass is 461 g/mol. The average molecular weight is 461 g/mol. The number of ether oxygens (including phenoxy) is 1. The molecule has 0 aromatic heterocycles. The predicted octanol–water partition coefficient (Wildman–Crippen LogP) is 5.33. The van der Waals surface area contributed by atoms with E-state index in [1.807, 2.05) is 42.5 Å². The largest absolute Gasteiger partial charge is 0.426 e. The summed E-state index contributed by atoms with van der Waals surface area (Å²) in [6.45, 7) is 0. The molecule has 6 nitrogen and oxygen atoms in total. The Morgan fingerprint density at radius 2 is 1.17 bits per heavy atom. The molecule has 0 fully saturated rings. The van der Waals surface area contributed by atoms with Gasteiger partial charge in [-0.25, -0.2) is 4.90 Å². The topological polar surface area (TPSA) is 80.8 Å². The van der Waals surface area contributed by atoms with Gasteiger partial charge < -0.3 is 4.74 Å². The molecule has 1 aliphatic heterocycles. The third-order valence-electron chi connectivity index (χ3n) is 5.74. The number of ketones is 1. The van der Waals surface area contributed by atoms with Crippen LogP contribution in [0.25, 0.3) is 11.1 Å². The van der Waals surface area contributed by atoms with Crippen LogP contribution in [0.15, 0.2) is 103 Å². The van der Waals surface area contributed by atoms with E-state index in [1.54, 1.807) is 36.4 Å². The molecule has 0 radical (unpaired) electrons. The van der Waals surface area contributed by atoms with Crippen LogP contribution in [0.5, 0.6) is 5.75 Å². The van der Waals surface area contributed by atoms with Crippen LogP contribution in [0, 0.1) is 0 Å². The van der Waals surface area contributed by atoms with Crippen molar-refractivity contribution in [3.63, 3.8) is 0 Å². The van der Waals surface area contributed by atoms with Crippen LogP contribution in [0.4, 0.5) is 5.69 Å². The quantitative estimate of drug-likeness (QED) is 0.127. The van der Waals surface area contributed by atoms with Crippen molar-refractivity contribution in [3.8, 4) is 16.9 Å². The lowest BCUT2D eigenvalue weighted by Gasteiger charge is -2.14. The Kier molecular flexibility index (Phi) is 5.77. The van der Waals surface area contributed by atoms with Crippen LogP contribution >= 0.6 is 0 Å². The number of anilines is 1. The lowest BCUT2D eigenvalue weighted by atomic mass is 10.0. The van der Waals surface area contributed by atoms with E-state index in [0.717, 1.165) is 16.0 Å². The number of carbonyl (C=O) groups is 4. The van der Waals surface area contributed by atoms with Gasteiger partial charge in [-0.3, -0.25) is 19.2 Å². The molecule has 6 heteroatoms. The molecular formula is C29H19NO5. The van der Waals surface area contributed by atoms with Crippen molar-refractivity contribution in [2.75, 3.05) is 4.90 Å². The number of imide groups is 1. The number of esters is 1. The number of carbonyl (C=O) groups excluding carboxylic acids is 4. The van der Waals surface area contributed by atoms with E-state index in [1.165, 1.54) is 24.3 Å². The van der Waals surface area contributed by atoms with Crippen LogP contribution in [0.1, 0.15) is 37.5 Å². The predicted molar refractivity (Wildman–Crippen MR) is 130 cm³/mol. The number of amides is 2. The summed E-state index contributed by atoms with van der Waals surface area (Å²) in [5, 5.41) is 0. The fourth-order valence-corrected chi connectivity index (χ4v) is 3.97. The van der Waals surface area contributed by atoms with Gasteiger partial charge in [-0.1, -0.05) is 66.7 Å². The van der Waals surface area contributed by atoms with E-state index in [2.05, 4.69) is 0 Å². The third kappa shape index (κ3) is 4.37. The summed E-state index contributed by atoms with van der Waals surface area (Å²) in [6.07, 6.45) is -0.412. The van der Waals surface area contributed by atoms with Gasteiger partial charge in [-0.2, -0.15) is 0 Å². The Hall–Kier alpha value is -4.84. The van der Waals surface area contributed by atoms with Crippen molar-refractivity contribution in [1.82, 2.24) is 0 Å². The fourth-order valence-electron chi connectivity index (χ4n) is 3.97. The van der Waals surface area contributed by atoms with Gasteiger partial charge >= 0.3 is 5.97 Å². The molecule has 0 unspecified atom stereocenters. The first-order chi connectivity index (χ1) is 17.0. The van der Waals surface area contributed by atoms with Crippen LogP contribution in [0.3, 0.4) is 0 Å². The molecule has 0 spiro atoms. The maximum Gasteiger partial charge on any atom is 0.319 e. The first kappa shape index (κ1) is 22.0. The summed E-state index contributed by atoms with van der Waals surface area (Å²) < 4.78 is 5.28. The maximum atomic E-state index is 12.6. The minimum atomic E-state index is -0.699. The van der Waals surface area contributed by atoms with Crippen LogP contribution < -0.4 is 9.64 Å². The lowest BCUT2D eigenvalue weighted by molar-refractivity contribution is -0.133. The average Bonchev–Trinajstić information content (AvgIpc) is 3.15. The summed E-state index contributed by atoms with van der Waals surface area (Å²) in [5.74, 6) is -1.64. The summed E-state index contributed by atoms with van der Waals surface area (Å²) in [4.78, 5) is 51.1. The van der Waals surface area contributed by atoms with Gasteiger partial charge in [0.25, 0.3) is 11.8 Å². The third-order valence-corrected chi connectivity index (χ3v) is 5.74. The smallest absolute Gasteiger partial charge is 0.319 e. The summed E-state index contributed by atoms with van der Waals surface area (Å²) >= 11 is 0. The molecule has 0 bridgehead atoms. The first-order valence-electron chi connectivity index (χ1n) is 11.0. The molecule has 2 amide bonds. The van der Waals surface area contributed by atoms with Gasteiger partial charge in [0.15, 0.2) is 5.78 Å². The highest BCUT2D eigenvalue weighted by Gasteiger charge is 2.36. The second-order valence-corrected chi connectivity index (χ2v) is 8.00. The van der Waals surface area contributed by atoms with Gasteiger partial charge in [0, 0.05) is 5.56 Å². The normalized spacial score (nSPS) is 12.4. The number of hydrogen-bond acceptors (Lipinski definition) is 5. The van der Waals surface area contributed by atoms with Crippen molar-refractivity contribution in [2.45, 2.75) is 6.42 Å².